The summed E-state index contributed by atoms with van der Waals surface area (Å²) in [6, 6.07) is 15.6. The van der Waals surface area contributed by atoms with Crippen LogP contribution < -0.4 is 10.2 Å². The summed E-state index contributed by atoms with van der Waals surface area (Å²) in [6.45, 7) is 0.181. The van der Waals surface area contributed by atoms with E-state index in [-0.39, 0.29) is 24.5 Å². The molecule has 1 atom stereocenters. The van der Waals surface area contributed by atoms with E-state index in [2.05, 4.69) is 22.8 Å². The van der Waals surface area contributed by atoms with Gasteiger partial charge in [0.15, 0.2) is 0 Å². The number of nitrogens with one attached hydrogen (secondary N) is 1. The molecule has 1 aliphatic heterocycles. The van der Waals surface area contributed by atoms with Crippen LogP contribution in [0, 0.1) is 0 Å². The van der Waals surface area contributed by atoms with E-state index in [0.29, 0.717) is 5.56 Å². The zero-order chi connectivity index (χ0) is 18.3. The summed E-state index contributed by atoms with van der Waals surface area (Å²) in [5.74, 6) is -0.124. The Labute approximate surface area is 155 Å². The largest absolute Gasteiger partial charge is 0.358 e. The van der Waals surface area contributed by atoms with E-state index in [1.165, 1.54) is 4.70 Å². The molecule has 0 spiro atoms. The Morgan fingerprint density at radius 2 is 1.88 bits per heavy atom. The highest BCUT2D eigenvalue weighted by atomic mass is 32.1. The molecule has 132 valence electrons. The van der Waals surface area contributed by atoms with E-state index >= 15 is 0 Å². The number of benzene rings is 2. The van der Waals surface area contributed by atoms with Crippen LogP contribution in [0.15, 0.2) is 53.9 Å². The third kappa shape index (κ3) is 2.54. The zero-order valence-corrected chi connectivity index (χ0v) is 15.4. The summed E-state index contributed by atoms with van der Waals surface area (Å²) in [5.41, 5.74) is 2.45. The van der Waals surface area contributed by atoms with E-state index < -0.39 is 0 Å². The van der Waals surface area contributed by atoms with Gasteiger partial charge in [-0.3, -0.25) is 9.59 Å². The summed E-state index contributed by atoms with van der Waals surface area (Å²) >= 11 is 1.65. The number of nitrogens with zero attached hydrogens (tertiary/aromatic N) is 2. The van der Waals surface area contributed by atoms with E-state index in [0.717, 1.165) is 16.6 Å². The second kappa shape index (κ2) is 6.46. The number of likely N-dealkylation sites (N-methyl/N-ethyl adjacent to an activating group) is 1. The van der Waals surface area contributed by atoms with Crippen LogP contribution in [0.5, 0.6) is 0 Å². The van der Waals surface area contributed by atoms with Crippen molar-refractivity contribution in [3.05, 3.63) is 65.0 Å². The van der Waals surface area contributed by atoms with Crippen molar-refractivity contribution in [2.75, 3.05) is 25.5 Å². The van der Waals surface area contributed by atoms with Crippen LogP contribution in [0.4, 0.5) is 5.69 Å². The smallest absolute Gasteiger partial charge is 0.257 e. The topological polar surface area (TPSA) is 52.7 Å². The summed E-state index contributed by atoms with van der Waals surface area (Å²) < 4.78 is 1.17. The maximum absolute atomic E-state index is 13.0. The van der Waals surface area contributed by atoms with Crippen LogP contribution in [0.25, 0.3) is 10.1 Å². The standard InChI is InChI=1S/C20H19N3O2S/c1-21-18(24)11-23-16-9-5-3-8-14(16)20(25)22(2)19(23)15-12-26-17-10-6-4-7-13(15)17/h3-10,12,19H,11H2,1-2H3,(H,21,24)/t19-/m0/s1. The second-order valence-electron chi connectivity index (χ2n) is 6.30. The van der Waals surface area contributed by atoms with Crippen LogP contribution in [0.3, 0.4) is 0 Å². The van der Waals surface area contributed by atoms with Gasteiger partial charge in [0, 0.05) is 24.4 Å². The fraction of sp³-hybridized carbons (Fsp3) is 0.200. The van der Waals surface area contributed by atoms with Crippen LogP contribution >= 0.6 is 11.3 Å². The Kier molecular flexibility index (Phi) is 4.12. The monoisotopic (exact) mass is 365 g/mol. The number of rotatable bonds is 3. The fourth-order valence-electron chi connectivity index (χ4n) is 3.53. The van der Waals surface area contributed by atoms with E-state index in [4.69, 9.17) is 0 Å². The maximum atomic E-state index is 13.0. The Balaban J connectivity index is 1.90. The predicted molar refractivity (Wildman–Crippen MR) is 105 cm³/mol. The second-order valence-corrected chi connectivity index (χ2v) is 7.21. The molecule has 5 nitrogen and oxygen atoms in total. The minimum absolute atomic E-state index is 0.0333. The number of thiophene rings is 1. The Bertz CT molecular complexity index is 997. The minimum Gasteiger partial charge on any atom is -0.358 e. The quantitative estimate of drug-likeness (QED) is 0.775. The molecule has 0 bridgehead atoms. The molecule has 26 heavy (non-hydrogen) atoms. The highest BCUT2D eigenvalue weighted by Crippen LogP contribution is 2.41. The summed E-state index contributed by atoms with van der Waals surface area (Å²) in [4.78, 5) is 28.9. The van der Waals surface area contributed by atoms with E-state index in [1.807, 2.05) is 41.3 Å². The fourth-order valence-corrected chi connectivity index (χ4v) is 4.50. The van der Waals surface area contributed by atoms with Crippen molar-refractivity contribution in [3.63, 3.8) is 0 Å². The van der Waals surface area contributed by atoms with Crippen molar-refractivity contribution < 1.29 is 9.59 Å². The number of hydrogen-bond donors (Lipinski definition) is 1. The molecule has 1 N–H and O–H groups in total. The predicted octanol–water partition coefficient (Wildman–Crippen LogP) is 3.24. The van der Waals surface area contributed by atoms with Gasteiger partial charge >= 0.3 is 0 Å². The number of anilines is 1. The van der Waals surface area contributed by atoms with Gasteiger partial charge in [0.2, 0.25) is 5.91 Å². The highest BCUT2D eigenvalue weighted by molar-refractivity contribution is 7.17. The normalized spacial score (nSPS) is 16.7. The molecule has 0 radical (unpaired) electrons. The molecule has 6 heteroatoms. The number of carbonyl (C=O) groups is 2. The van der Waals surface area contributed by atoms with E-state index in [9.17, 15) is 9.59 Å². The lowest BCUT2D eigenvalue weighted by atomic mass is 10.0. The first kappa shape index (κ1) is 16.6. The summed E-state index contributed by atoms with van der Waals surface area (Å²) in [7, 11) is 3.42. The van der Waals surface area contributed by atoms with Gasteiger partial charge in [0.05, 0.1) is 17.8 Å². The van der Waals surface area contributed by atoms with Crippen LogP contribution in [-0.4, -0.2) is 37.4 Å². The number of amides is 2. The first-order chi connectivity index (χ1) is 12.6. The molecule has 0 saturated heterocycles. The van der Waals surface area contributed by atoms with Gasteiger partial charge in [-0.2, -0.15) is 0 Å². The van der Waals surface area contributed by atoms with Gasteiger partial charge < -0.3 is 15.1 Å². The molecular formula is C20H19N3O2S. The SMILES string of the molecule is CNC(=O)CN1c2ccccc2C(=O)N(C)[C@@H]1c1csc2ccccc12. The van der Waals surface area contributed by atoms with Gasteiger partial charge in [-0.25, -0.2) is 0 Å². The zero-order valence-electron chi connectivity index (χ0n) is 14.6. The minimum atomic E-state index is -0.328. The molecule has 2 heterocycles. The van der Waals surface area contributed by atoms with Crippen molar-refractivity contribution in [3.8, 4) is 0 Å². The molecule has 1 aromatic heterocycles. The lowest BCUT2D eigenvalue weighted by Crippen LogP contribution is -2.50. The Morgan fingerprint density at radius 1 is 1.15 bits per heavy atom. The number of carbonyl (C=O) groups excluding carboxylic acids is 2. The summed E-state index contributed by atoms with van der Waals surface area (Å²) in [5, 5.41) is 5.89. The first-order valence-corrected chi connectivity index (χ1v) is 9.29. The van der Waals surface area contributed by atoms with Crippen molar-refractivity contribution in [1.82, 2.24) is 10.2 Å². The summed E-state index contributed by atoms with van der Waals surface area (Å²) in [6.07, 6.45) is -0.328. The highest BCUT2D eigenvalue weighted by Gasteiger charge is 2.38. The lowest BCUT2D eigenvalue weighted by molar-refractivity contribution is -0.119. The molecule has 0 saturated carbocycles. The molecule has 3 aromatic rings. The van der Waals surface area contributed by atoms with Gasteiger partial charge in [0.1, 0.15) is 6.17 Å². The van der Waals surface area contributed by atoms with Crippen LogP contribution in [-0.2, 0) is 4.79 Å². The average molecular weight is 365 g/mol. The van der Waals surface area contributed by atoms with Gasteiger partial charge in [-0.15, -0.1) is 11.3 Å². The Hall–Kier alpha value is -2.86. The first-order valence-electron chi connectivity index (χ1n) is 8.41. The number of para-hydroxylation sites is 1. The number of fused-ring (bicyclic) bond motifs is 2. The molecule has 0 aliphatic carbocycles. The third-order valence-corrected chi connectivity index (χ3v) is 5.79. The molecule has 1 aliphatic rings. The third-order valence-electron chi connectivity index (χ3n) is 4.81. The molecular weight excluding hydrogens is 346 g/mol. The van der Waals surface area contributed by atoms with Crippen molar-refractivity contribution >= 4 is 38.9 Å². The molecule has 2 amide bonds. The average Bonchev–Trinajstić information content (AvgIpc) is 3.10. The molecule has 4 rings (SSSR count). The maximum Gasteiger partial charge on any atom is 0.257 e. The van der Waals surface area contributed by atoms with Crippen molar-refractivity contribution in [2.45, 2.75) is 6.17 Å². The van der Waals surface area contributed by atoms with Crippen LogP contribution in [0.2, 0.25) is 0 Å². The Morgan fingerprint density at radius 3 is 2.69 bits per heavy atom. The molecule has 2 aromatic carbocycles. The van der Waals surface area contributed by atoms with Crippen molar-refractivity contribution in [1.29, 1.82) is 0 Å². The molecule has 0 fully saturated rings. The molecule has 0 unspecified atom stereocenters. The van der Waals surface area contributed by atoms with Gasteiger partial charge in [-0.05, 0) is 29.0 Å². The lowest BCUT2D eigenvalue weighted by Gasteiger charge is -2.43. The van der Waals surface area contributed by atoms with Crippen molar-refractivity contribution in [2.24, 2.45) is 0 Å². The number of hydrogen-bond acceptors (Lipinski definition) is 4. The van der Waals surface area contributed by atoms with E-state index in [1.54, 1.807) is 30.3 Å². The van der Waals surface area contributed by atoms with Gasteiger partial charge in [0.25, 0.3) is 5.91 Å². The van der Waals surface area contributed by atoms with Crippen LogP contribution in [0.1, 0.15) is 22.1 Å². The van der Waals surface area contributed by atoms with Gasteiger partial charge in [-0.1, -0.05) is 30.3 Å².